The Labute approximate surface area is 145 Å². The number of benzene rings is 2. The molecule has 0 aromatic heterocycles. The summed E-state index contributed by atoms with van der Waals surface area (Å²) in [5, 5.41) is 2.37. The molecule has 0 aliphatic carbocycles. The highest BCUT2D eigenvalue weighted by atomic mass is 35.5. The normalized spacial score (nSPS) is 14.2. The largest absolute Gasteiger partial charge is 0.351 e. The van der Waals surface area contributed by atoms with Gasteiger partial charge in [-0.2, -0.15) is 0 Å². The van der Waals surface area contributed by atoms with Crippen LogP contribution in [0.1, 0.15) is 0 Å². The lowest BCUT2D eigenvalue weighted by atomic mass is 10.2. The molecule has 1 aliphatic heterocycles. The molecule has 24 heavy (non-hydrogen) atoms. The van der Waals surface area contributed by atoms with Crippen molar-refractivity contribution in [2.75, 3.05) is 10.2 Å². The summed E-state index contributed by atoms with van der Waals surface area (Å²) in [5.41, 5.74) is 0.456. The molecule has 0 saturated carbocycles. The monoisotopic (exact) mass is 368 g/mol. The summed E-state index contributed by atoms with van der Waals surface area (Å²) in [4.78, 5) is 25.3. The second kappa shape index (κ2) is 6.22. The first-order valence-corrected chi connectivity index (χ1v) is 7.39. The predicted molar refractivity (Wildman–Crippen MR) is 87.0 cm³/mol. The van der Waals surface area contributed by atoms with Crippen LogP contribution in [0.25, 0.3) is 0 Å². The van der Waals surface area contributed by atoms with Crippen molar-refractivity contribution in [1.82, 2.24) is 0 Å². The molecule has 0 atom stereocenters. The summed E-state index contributed by atoms with van der Waals surface area (Å²) < 4.78 is 26.4. The molecular weight excluding hydrogens is 361 g/mol. The van der Waals surface area contributed by atoms with E-state index in [2.05, 4.69) is 5.32 Å². The van der Waals surface area contributed by atoms with Gasteiger partial charge in [-0.15, -0.1) is 0 Å². The van der Waals surface area contributed by atoms with Crippen molar-refractivity contribution in [2.24, 2.45) is 0 Å². The Morgan fingerprint density at radius 3 is 2.17 bits per heavy atom. The van der Waals surface area contributed by atoms with Crippen LogP contribution in [0.15, 0.2) is 48.2 Å². The first-order chi connectivity index (χ1) is 11.4. The Morgan fingerprint density at radius 2 is 1.54 bits per heavy atom. The molecule has 0 fully saturated rings. The molecule has 3 rings (SSSR count). The average molecular weight is 369 g/mol. The van der Waals surface area contributed by atoms with E-state index in [1.54, 1.807) is 0 Å². The quantitative estimate of drug-likeness (QED) is 0.828. The number of halogens is 4. The van der Waals surface area contributed by atoms with E-state index < -0.39 is 23.4 Å². The van der Waals surface area contributed by atoms with Crippen molar-refractivity contribution < 1.29 is 18.4 Å². The minimum absolute atomic E-state index is 0.0249. The van der Waals surface area contributed by atoms with Crippen LogP contribution in [0.3, 0.4) is 0 Å². The molecule has 1 heterocycles. The van der Waals surface area contributed by atoms with E-state index in [9.17, 15) is 18.4 Å². The molecule has 8 heteroatoms. The fourth-order valence-corrected chi connectivity index (χ4v) is 2.51. The molecule has 0 bridgehead atoms. The van der Waals surface area contributed by atoms with Gasteiger partial charge in [-0.3, -0.25) is 9.59 Å². The van der Waals surface area contributed by atoms with Crippen LogP contribution in [0.2, 0.25) is 10.0 Å². The Kier molecular flexibility index (Phi) is 4.26. The molecule has 4 nitrogen and oxygen atoms in total. The summed E-state index contributed by atoms with van der Waals surface area (Å²) in [6.07, 6.45) is 1.08. The average Bonchev–Trinajstić information content (AvgIpc) is 2.80. The molecule has 2 amide bonds. The van der Waals surface area contributed by atoms with Crippen LogP contribution >= 0.6 is 23.2 Å². The molecule has 0 spiro atoms. The second-order valence-electron chi connectivity index (χ2n) is 4.89. The molecule has 2 aromatic carbocycles. The van der Waals surface area contributed by atoms with Gasteiger partial charge in [0.1, 0.15) is 17.3 Å². The van der Waals surface area contributed by atoms with Crippen LogP contribution in [0.5, 0.6) is 0 Å². The van der Waals surface area contributed by atoms with Gasteiger partial charge >= 0.3 is 0 Å². The summed E-state index contributed by atoms with van der Waals surface area (Å²) in [7, 11) is 0. The minimum Gasteiger partial charge on any atom is -0.351 e. The number of anilines is 2. The molecule has 122 valence electrons. The van der Waals surface area contributed by atoms with E-state index >= 15 is 0 Å². The van der Waals surface area contributed by atoms with Gasteiger partial charge in [0.2, 0.25) is 0 Å². The van der Waals surface area contributed by atoms with Crippen molar-refractivity contribution in [3.8, 4) is 0 Å². The van der Waals surface area contributed by atoms with Crippen LogP contribution < -0.4 is 10.2 Å². The smallest absolute Gasteiger partial charge is 0.281 e. The minimum atomic E-state index is -0.660. The van der Waals surface area contributed by atoms with E-state index in [4.69, 9.17) is 23.2 Å². The lowest BCUT2D eigenvalue weighted by molar-refractivity contribution is -0.120. The van der Waals surface area contributed by atoms with Crippen LogP contribution in [0.4, 0.5) is 20.2 Å². The number of nitrogens with zero attached hydrogens (tertiary/aromatic N) is 1. The first kappa shape index (κ1) is 16.4. The zero-order valence-electron chi connectivity index (χ0n) is 11.8. The number of imide groups is 1. The van der Waals surface area contributed by atoms with Gasteiger partial charge in [-0.25, -0.2) is 13.7 Å². The van der Waals surface area contributed by atoms with Gasteiger partial charge in [-0.05, 0) is 36.4 Å². The maximum absolute atomic E-state index is 13.2. The van der Waals surface area contributed by atoms with Gasteiger partial charge < -0.3 is 5.32 Å². The van der Waals surface area contributed by atoms with E-state index in [1.807, 2.05) is 0 Å². The number of nitrogens with one attached hydrogen (secondary N) is 1. The molecule has 2 aromatic rings. The molecule has 0 radical (unpaired) electrons. The molecule has 0 unspecified atom stereocenters. The predicted octanol–water partition coefficient (Wildman–Crippen LogP) is 4.14. The van der Waals surface area contributed by atoms with E-state index in [0.717, 1.165) is 23.1 Å². The fraction of sp³-hybridized carbons (Fsp3) is 0. The highest BCUT2D eigenvalue weighted by Crippen LogP contribution is 2.28. The number of hydrogen-bond donors (Lipinski definition) is 1. The Hall–Kier alpha value is -2.44. The number of carbonyl (C=O) groups excluding carboxylic acids is 2. The lowest BCUT2D eigenvalue weighted by Gasteiger charge is -2.15. The highest BCUT2D eigenvalue weighted by Gasteiger charge is 2.33. The summed E-state index contributed by atoms with van der Waals surface area (Å²) in [6, 6.07) is 7.29. The SMILES string of the molecule is O=C1C=C(Nc2ccc(F)c(Cl)c2)C(=O)N1c1ccc(F)c(Cl)c1. The first-order valence-electron chi connectivity index (χ1n) is 6.64. The molecule has 0 saturated heterocycles. The van der Waals surface area contributed by atoms with Crippen LogP contribution in [-0.2, 0) is 9.59 Å². The van der Waals surface area contributed by atoms with Gasteiger partial charge in [-0.1, -0.05) is 23.2 Å². The van der Waals surface area contributed by atoms with Gasteiger partial charge in [0, 0.05) is 11.8 Å². The van der Waals surface area contributed by atoms with Crippen molar-refractivity contribution in [1.29, 1.82) is 0 Å². The van der Waals surface area contributed by atoms with Crippen molar-refractivity contribution in [3.05, 3.63) is 69.9 Å². The Bertz CT molecular complexity index is 900. The van der Waals surface area contributed by atoms with Gasteiger partial charge in [0.15, 0.2) is 0 Å². The Balaban J connectivity index is 1.86. The summed E-state index contributed by atoms with van der Waals surface area (Å²) in [6.45, 7) is 0. The number of hydrogen-bond acceptors (Lipinski definition) is 3. The number of amides is 2. The van der Waals surface area contributed by atoms with E-state index in [1.165, 1.54) is 24.3 Å². The standard InChI is InChI=1S/C16H8Cl2F2N2O2/c17-10-5-8(1-3-12(10)19)21-14-7-15(23)22(16(14)24)9-2-4-13(20)11(18)6-9/h1-7,21H. The third kappa shape index (κ3) is 2.98. The number of carbonyl (C=O) groups is 2. The van der Waals surface area contributed by atoms with E-state index in [0.29, 0.717) is 5.69 Å². The lowest BCUT2D eigenvalue weighted by Crippen LogP contribution is -2.31. The summed E-state index contributed by atoms with van der Waals surface area (Å²) in [5.74, 6) is -2.53. The molecule has 1 N–H and O–H groups in total. The van der Waals surface area contributed by atoms with Crippen LogP contribution in [0, 0.1) is 11.6 Å². The van der Waals surface area contributed by atoms with Gasteiger partial charge in [0.05, 0.1) is 15.7 Å². The molecular formula is C16H8Cl2F2N2O2. The second-order valence-corrected chi connectivity index (χ2v) is 5.70. The molecule has 1 aliphatic rings. The Morgan fingerprint density at radius 1 is 0.917 bits per heavy atom. The summed E-state index contributed by atoms with van der Waals surface area (Å²) >= 11 is 11.4. The third-order valence-electron chi connectivity index (χ3n) is 3.28. The van der Waals surface area contributed by atoms with Gasteiger partial charge in [0.25, 0.3) is 11.8 Å². The zero-order chi connectivity index (χ0) is 17.4. The van der Waals surface area contributed by atoms with Crippen molar-refractivity contribution in [3.63, 3.8) is 0 Å². The van der Waals surface area contributed by atoms with E-state index in [-0.39, 0.29) is 21.4 Å². The highest BCUT2D eigenvalue weighted by molar-refractivity contribution is 6.33. The van der Waals surface area contributed by atoms with Crippen LogP contribution in [-0.4, -0.2) is 11.8 Å². The maximum Gasteiger partial charge on any atom is 0.281 e. The van der Waals surface area contributed by atoms with Crippen molar-refractivity contribution >= 4 is 46.4 Å². The fourth-order valence-electron chi connectivity index (χ4n) is 2.16. The number of rotatable bonds is 3. The zero-order valence-corrected chi connectivity index (χ0v) is 13.3. The maximum atomic E-state index is 13.2. The third-order valence-corrected chi connectivity index (χ3v) is 3.86. The topological polar surface area (TPSA) is 49.4 Å². The van der Waals surface area contributed by atoms with Crippen molar-refractivity contribution in [2.45, 2.75) is 0 Å².